The molecule has 37 heavy (non-hydrogen) atoms. The zero-order valence-corrected chi connectivity index (χ0v) is 20.6. The molecule has 8 nitrogen and oxygen atoms in total. The second-order valence-electron chi connectivity index (χ2n) is 11.1. The zero-order valence-electron chi connectivity index (χ0n) is 20.6. The first-order valence-corrected chi connectivity index (χ1v) is 13.1. The van der Waals surface area contributed by atoms with Crippen LogP contribution in [0.4, 0.5) is 27.5 Å². The summed E-state index contributed by atoms with van der Waals surface area (Å²) in [7, 11) is 0. The maximum Gasteiger partial charge on any atom is 0.256 e. The molecule has 4 N–H and O–H groups in total. The van der Waals surface area contributed by atoms with Crippen molar-refractivity contribution in [2.24, 2.45) is 0 Å². The van der Waals surface area contributed by atoms with Crippen molar-refractivity contribution in [2.45, 2.75) is 61.9 Å². The lowest BCUT2D eigenvalue weighted by molar-refractivity contribution is 0.0951. The van der Waals surface area contributed by atoms with Crippen LogP contribution in [0.3, 0.4) is 0 Å². The number of carbonyl (C=O) groups excluding carboxylic acids is 1. The van der Waals surface area contributed by atoms with Crippen molar-refractivity contribution >= 4 is 29.0 Å². The van der Waals surface area contributed by atoms with Gasteiger partial charge in [-0.05, 0) is 73.9 Å². The molecule has 1 aliphatic heterocycles. The zero-order chi connectivity index (χ0) is 25.0. The number of halogens is 1. The molecule has 0 unspecified atom stereocenters. The third-order valence-electron chi connectivity index (χ3n) is 8.19. The lowest BCUT2D eigenvalue weighted by Gasteiger charge is -2.26. The number of amides is 1. The molecule has 0 saturated heterocycles. The fourth-order valence-electron chi connectivity index (χ4n) is 5.33. The molecule has 7 rings (SSSR count). The molecule has 1 aromatic carbocycles. The summed E-state index contributed by atoms with van der Waals surface area (Å²) in [6, 6.07) is 10.3. The van der Waals surface area contributed by atoms with Crippen LogP contribution in [0.5, 0.6) is 0 Å². The van der Waals surface area contributed by atoms with Crippen LogP contribution >= 0.6 is 0 Å². The van der Waals surface area contributed by atoms with E-state index in [-0.39, 0.29) is 11.9 Å². The summed E-state index contributed by atoms with van der Waals surface area (Å²) in [6.45, 7) is 1.49. The van der Waals surface area contributed by atoms with Crippen molar-refractivity contribution < 1.29 is 9.18 Å². The number of hydrogen-bond acceptors (Lipinski definition) is 7. The summed E-state index contributed by atoms with van der Waals surface area (Å²) in [5, 5.41) is 13.2. The molecule has 0 bridgehead atoms. The van der Waals surface area contributed by atoms with Crippen molar-refractivity contribution in [1.29, 1.82) is 0 Å². The largest absolute Gasteiger partial charge is 0.349 e. The van der Waals surface area contributed by atoms with Crippen LogP contribution < -0.4 is 21.3 Å². The van der Waals surface area contributed by atoms with Crippen molar-refractivity contribution in [1.82, 2.24) is 25.6 Å². The number of anilines is 4. The summed E-state index contributed by atoms with van der Waals surface area (Å²) >= 11 is 0. The second kappa shape index (κ2) is 8.48. The molecule has 3 heterocycles. The molecule has 2 aromatic heterocycles. The van der Waals surface area contributed by atoms with Crippen LogP contribution in [0, 0.1) is 0 Å². The van der Waals surface area contributed by atoms with E-state index in [9.17, 15) is 9.18 Å². The van der Waals surface area contributed by atoms with Crippen LogP contribution in [0.1, 0.15) is 65.7 Å². The Bertz CT molecular complexity index is 1380. The highest BCUT2D eigenvalue weighted by atomic mass is 19.1. The Kier molecular flexibility index (Phi) is 5.18. The highest BCUT2D eigenvalue weighted by Crippen LogP contribution is 2.51. The molecular formula is C28H30FN7O. The van der Waals surface area contributed by atoms with E-state index in [0.717, 1.165) is 50.2 Å². The van der Waals surface area contributed by atoms with E-state index in [0.29, 0.717) is 28.4 Å². The Hall–Kier alpha value is -3.59. The van der Waals surface area contributed by atoms with E-state index in [2.05, 4.69) is 54.4 Å². The second-order valence-corrected chi connectivity index (χ2v) is 11.1. The summed E-state index contributed by atoms with van der Waals surface area (Å²) in [6.07, 6.45) is 9.29. The molecule has 4 aliphatic rings. The van der Waals surface area contributed by atoms with Gasteiger partial charge >= 0.3 is 0 Å². The van der Waals surface area contributed by atoms with Gasteiger partial charge in [0.2, 0.25) is 5.95 Å². The third kappa shape index (κ3) is 4.31. The Morgan fingerprint density at radius 3 is 2.65 bits per heavy atom. The minimum absolute atomic E-state index is 0.206. The standard InChI is InChI=1S/C28H30FN7O/c29-15-27(6-7-27)23-12-20(5-10-31-23)33-24-21(25(37)34-18-1-2-18)14-32-26(36-24)35-19-3-4-22-17(11-19)13-30-16-28(22)8-9-28/h3-5,10-12,14,18,30H,1-2,6-9,13,15-16H2,(H,34,37)(H2,31,32,33,35,36). The lowest BCUT2D eigenvalue weighted by atomic mass is 9.88. The minimum Gasteiger partial charge on any atom is -0.349 e. The smallest absolute Gasteiger partial charge is 0.256 e. The molecule has 0 radical (unpaired) electrons. The van der Waals surface area contributed by atoms with Crippen LogP contribution in [-0.4, -0.2) is 40.1 Å². The van der Waals surface area contributed by atoms with Crippen LogP contribution in [0.15, 0.2) is 42.7 Å². The number of nitrogens with zero attached hydrogens (tertiary/aromatic N) is 3. The fraction of sp³-hybridized carbons (Fsp3) is 0.429. The Balaban J connectivity index is 1.18. The first-order valence-electron chi connectivity index (χ1n) is 13.1. The van der Waals surface area contributed by atoms with Gasteiger partial charge in [0, 0.05) is 53.7 Å². The topological polar surface area (TPSA) is 104 Å². The van der Waals surface area contributed by atoms with Gasteiger partial charge in [0.15, 0.2) is 0 Å². The normalized spacial score (nSPS) is 20.1. The van der Waals surface area contributed by atoms with E-state index >= 15 is 0 Å². The van der Waals surface area contributed by atoms with E-state index < -0.39 is 12.1 Å². The number of hydrogen-bond donors (Lipinski definition) is 4. The molecular weight excluding hydrogens is 469 g/mol. The summed E-state index contributed by atoms with van der Waals surface area (Å²) < 4.78 is 13.6. The number of rotatable bonds is 8. The maximum absolute atomic E-state index is 13.6. The summed E-state index contributed by atoms with van der Waals surface area (Å²) in [5.74, 6) is 0.587. The monoisotopic (exact) mass is 499 g/mol. The van der Waals surface area contributed by atoms with Crippen molar-refractivity contribution in [3.63, 3.8) is 0 Å². The number of aromatic nitrogens is 3. The van der Waals surface area contributed by atoms with Crippen LogP contribution in [-0.2, 0) is 17.4 Å². The first-order chi connectivity index (χ1) is 18.1. The molecule has 1 amide bonds. The minimum atomic E-state index is -0.470. The predicted molar refractivity (Wildman–Crippen MR) is 139 cm³/mol. The Morgan fingerprint density at radius 2 is 1.89 bits per heavy atom. The van der Waals surface area contributed by atoms with Gasteiger partial charge in [-0.3, -0.25) is 14.2 Å². The number of fused-ring (bicyclic) bond motifs is 2. The molecule has 3 aliphatic carbocycles. The molecule has 3 fully saturated rings. The molecule has 3 aromatic rings. The maximum atomic E-state index is 13.6. The van der Waals surface area contributed by atoms with Gasteiger partial charge < -0.3 is 21.3 Å². The van der Waals surface area contributed by atoms with Gasteiger partial charge in [0.05, 0.1) is 5.69 Å². The fourth-order valence-corrected chi connectivity index (χ4v) is 5.33. The summed E-state index contributed by atoms with van der Waals surface area (Å²) in [4.78, 5) is 26.5. The SMILES string of the molecule is O=C(NC1CC1)c1cnc(Nc2ccc3c(c2)CNCC32CC2)nc1Nc1ccnc(C2(CF)CC2)c1. The summed E-state index contributed by atoms with van der Waals surface area (Å²) in [5.41, 5.74) is 5.32. The average molecular weight is 500 g/mol. The number of benzene rings is 1. The molecule has 1 spiro atoms. The highest BCUT2D eigenvalue weighted by Gasteiger charge is 2.47. The van der Waals surface area contributed by atoms with Crippen LogP contribution in [0.2, 0.25) is 0 Å². The van der Waals surface area contributed by atoms with Crippen LogP contribution in [0.25, 0.3) is 0 Å². The average Bonchev–Trinajstić information content (AvgIpc) is 3.77. The van der Waals surface area contributed by atoms with Gasteiger partial charge in [0.1, 0.15) is 18.1 Å². The molecule has 190 valence electrons. The number of carbonyl (C=O) groups is 1. The third-order valence-corrected chi connectivity index (χ3v) is 8.19. The quantitative estimate of drug-likeness (QED) is 0.365. The molecule has 0 atom stereocenters. The van der Waals surface area contributed by atoms with E-state index in [1.807, 2.05) is 6.07 Å². The lowest BCUT2D eigenvalue weighted by Crippen LogP contribution is -2.33. The Labute approximate surface area is 214 Å². The van der Waals surface area contributed by atoms with Crippen molar-refractivity contribution in [3.8, 4) is 0 Å². The van der Waals surface area contributed by atoms with Gasteiger partial charge in [-0.15, -0.1) is 0 Å². The number of alkyl halides is 1. The predicted octanol–water partition coefficient (Wildman–Crippen LogP) is 4.39. The van der Waals surface area contributed by atoms with Crippen molar-refractivity contribution in [3.05, 3.63) is 65.1 Å². The van der Waals surface area contributed by atoms with Gasteiger partial charge in [-0.25, -0.2) is 4.98 Å². The number of pyridine rings is 1. The van der Waals surface area contributed by atoms with Gasteiger partial charge in [-0.1, -0.05) is 6.07 Å². The van der Waals surface area contributed by atoms with Gasteiger partial charge in [-0.2, -0.15) is 4.98 Å². The van der Waals surface area contributed by atoms with E-state index in [1.54, 1.807) is 18.5 Å². The molecule has 9 heteroatoms. The first kappa shape index (κ1) is 22.6. The van der Waals surface area contributed by atoms with E-state index in [4.69, 9.17) is 0 Å². The molecule has 3 saturated carbocycles. The Morgan fingerprint density at radius 1 is 1.05 bits per heavy atom. The number of nitrogens with one attached hydrogen (secondary N) is 4. The van der Waals surface area contributed by atoms with Crippen molar-refractivity contribution in [2.75, 3.05) is 23.9 Å². The highest BCUT2D eigenvalue weighted by molar-refractivity contribution is 5.99. The van der Waals surface area contributed by atoms with Gasteiger partial charge in [0.25, 0.3) is 5.91 Å². The van der Waals surface area contributed by atoms with E-state index in [1.165, 1.54) is 24.0 Å².